The number of fused-ring (bicyclic) bond motifs is 1. The number of nitrogens with one attached hydrogen (secondary N) is 1. The summed E-state index contributed by atoms with van der Waals surface area (Å²) in [6, 6.07) is 25.5. The van der Waals surface area contributed by atoms with Gasteiger partial charge in [-0.05, 0) is 42.3 Å². The third kappa shape index (κ3) is 3.75. The van der Waals surface area contributed by atoms with Crippen LogP contribution in [-0.2, 0) is 19.9 Å². The Morgan fingerprint density at radius 2 is 1.63 bits per heavy atom. The zero-order valence-electron chi connectivity index (χ0n) is 15.2. The molecule has 1 aromatic heterocycles. The van der Waals surface area contributed by atoms with Gasteiger partial charge in [-0.2, -0.15) is 0 Å². The summed E-state index contributed by atoms with van der Waals surface area (Å²) < 4.78 is 2.13. The number of imidazole rings is 1. The van der Waals surface area contributed by atoms with Crippen LogP contribution < -0.4 is 5.32 Å². The van der Waals surface area contributed by atoms with Crippen LogP contribution in [0.25, 0.3) is 11.0 Å². The fraction of sp³-hybridized carbons (Fsp3) is 0.130. The highest BCUT2D eigenvalue weighted by Crippen LogP contribution is 2.21. The second kappa shape index (κ2) is 7.46. The molecule has 0 atom stereocenters. The van der Waals surface area contributed by atoms with E-state index < -0.39 is 0 Å². The number of anilines is 1. The summed E-state index contributed by atoms with van der Waals surface area (Å²) >= 11 is 0. The molecule has 27 heavy (non-hydrogen) atoms. The normalized spacial score (nSPS) is 10.9. The Labute approximate surface area is 158 Å². The number of carbonyl (C=O) groups is 1. The molecule has 0 fully saturated rings. The third-order valence-electron chi connectivity index (χ3n) is 4.75. The molecule has 0 aliphatic carbocycles. The van der Waals surface area contributed by atoms with Crippen LogP contribution in [0, 0.1) is 0 Å². The first-order valence-electron chi connectivity index (χ1n) is 9.06. The molecule has 3 aromatic carbocycles. The molecule has 1 N–H and O–H groups in total. The zero-order valence-corrected chi connectivity index (χ0v) is 15.2. The lowest BCUT2D eigenvalue weighted by Gasteiger charge is -2.05. The van der Waals surface area contributed by atoms with Crippen molar-refractivity contribution in [2.45, 2.75) is 12.8 Å². The van der Waals surface area contributed by atoms with Crippen LogP contribution in [0.3, 0.4) is 0 Å². The van der Waals surface area contributed by atoms with Gasteiger partial charge in [0, 0.05) is 24.7 Å². The van der Waals surface area contributed by atoms with Crippen LogP contribution in [0.15, 0.2) is 78.9 Å². The molecule has 0 saturated heterocycles. The summed E-state index contributed by atoms with van der Waals surface area (Å²) in [5.41, 5.74) is 4.66. The molecule has 1 amide bonds. The van der Waals surface area contributed by atoms with Gasteiger partial charge in [-0.25, -0.2) is 4.98 Å². The maximum Gasteiger partial charge on any atom is 0.255 e. The molecule has 0 spiro atoms. The van der Waals surface area contributed by atoms with E-state index in [1.54, 1.807) is 12.1 Å². The van der Waals surface area contributed by atoms with Gasteiger partial charge in [-0.15, -0.1) is 0 Å². The number of nitrogens with zero attached hydrogens (tertiary/aromatic N) is 2. The minimum Gasteiger partial charge on any atom is -0.331 e. The molecule has 4 nitrogen and oxygen atoms in total. The van der Waals surface area contributed by atoms with Gasteiger partial charge in [0.25, 0.3) is 5.91 Å². The molecule has 0 bridgehead atoms. The zero-order chi connectivity index (χ0) is 18.6. The molecule has 4 heteroatoms. The fourth-order valence-electron chi connectivity index (χ4n) is 3.24. The first-order chi connectivity index (χ1) is 13.2. The molecule has 0 unspecified atom stereocenters. The van der Waals surface area contributed by atoms with Crippen LogP contribution in [-0.4, -0.2) is 15.5 Å². The molecule has 0 saturated carbocycles. The number of hydrogen-bond donors (Lipinski definition) is 1. The number of amides is 1. The highest BCUT2D eigenvalue weighted by atomic mass is 16.1. The number of benzene rings is 3. The van der Waals surface area contributed by atoms with E-state index in [0.29, 0.717) is 5.56 Å². The Bertz CT molecular complexity index is 1070. The summed E-state index contributed by atoms with van der Waals surface area (Å²) in [6.07, 6.45) is 1.83. The van der Waals surface area contributed by atoms with E-state index >= 15 is 0 Å². The first-order valence-corrected chi connectivity index (χ1v) is 9.06. The second-order valence-corrected chi connectivity index (χ2v) is 6.60. The third-order valence-corrected chi connectivity index (χ3v) is 4.75. The predicted octanol–water partition coefficient (Wildman–Crippen LogP) is 4.61. The standard InChI is InChI=1S/C23H21N3O/c1-26-21-14-13-19(24-23(27)18-10-6-3-7-11-18)16-20(21)25-22(26)15-12-17-8-4-2-5-9-17/h2-11,13-14,16H,12,15H2,1H3,(H,24,27). The lowest BCUT2D eigenvalue weighted by atomic mass is 10.1. The lowest BCUT2D eigenvalue weighted by Crippen LogP contribution is -2.11. The summed E-state index contributed by atoms with van der Waals surface area (Å²) in [5.74, 6) is 0.926. The average Bonchev–Trinajstić information content (AvgIpc) is 3.03. The van der Waals surface area contributed by atoms with Gasteiger partial charge in [-0.1, -0.05) is 48.5 Å². The number of carbonyl (C=O) groups excluding carboxylic acids is 1. The highest BCUT2D eigenvalue weighted by Gasteiger charge is 2.10. The van der Waals surface area contributed by atoms with Crippen molar-refractivity contribution in [3.05, 3.63) is 95.8 Å². The molecule has 1 heterocycles. The van der Waals surface area contributed by atoms with E-state index in [1.807, 2.05) is 49.5 Å². The van der Waals surface area contributed by atoms with Gasteiger partial charge in [0.2, 0.25) is 0 Å². The molecule has 134 valence electrons. The van der Waals surface area contributed by atoms with Crippen LogP contribution in [0.5, 0.6) is 0 Å². The smallest absolute Gasteiger partial charge is 0.255 e. The number of aromatic nitrogens is 2. The van der Waals surface area contributed by atoms with Crippen molar-refractivity contribution in [2.75, 3.05) is 5.32 Å². The summed E-state index contributed by atoms with van der Waals surface area (Å²) in [4.78, 5) is 17.1. The van der Waals surface area contributed by atoms with Crippen LogP contribution in [0.1, 0.15) is 21.7 Å². The summed E-state index contributed by atoms with van der Waals surface area (Å²) in [5, 5.41) is 2.95. The van der Waals surface area contributed by atoms with Crippen molar-refractivity contribution in [2.24, 2.45) is 7.05 Å². The van der Waals surface area contributed by atoms with E-state index in [9.17, 15) is 4.79 Å². The molecule has 0 aliphatic rings. The van der Waals surface area contributed by atoms with Crippen molar-refractivity contribution in [1.29, 1.82) is 0 Å². The molecule has 4 aromatic rings. The van der Waals surface area contributed by atoms with Crippen molar-refractivity contribution in [3.8, 4) is 0 Å². The lowest BCUT2D eigenvalue weighted by molar-refractivity contribution is 0.102. The molecule has 4 rings (SSSR count). The van der Waals surface area contributed by atoms with E-state index in [1.165, 1.54) is 5.56 Å². The van der Waals surface area contributed by atoms with Crippen LogP contribution in [0.2, 0.25) is 0 Å². The quantitative estimate of drug-likeness (QED) is 0.568. The molecule has 0 radical (unpaired) electrons. The van der Waals surface area contributed by atoms with Crippen molar-refractivity contribution in [3.63, 3.8) is 0 Å². The monoisotopic (exact) mass is 355 g/mol. The van der Waals surface area contributed by atoms with Gasteiger partial charge in [0.1, 0.15) is 5.82 Å². The van der Waals surface area contributed by atoms with E-state index in [2.05, 4.69) is 34.1 Å². The van der Waals surface area contributed by atoms with E-state index in [4.69, 9.17) is 4.98 Å². The summed E-state index contributed by atoms with van der Waals surface area (Å²) in [6.45, 7) is 0. The van der Waals surface area contributed by atoms with Gasteiger partial charge in [0.05, 0.1) is 11.0 Å². The van der Waals surface area contributed by atoms with E-state index in [0.717, 1.165) is 35.4 Å². The largest absolute Gasteiger partial charge is 0.331 e. The molecular weight excluding hydrogens is 334 g/mol. The Hall–Kier alpha value is -3.40. The van der Waals surface area contributed by atoms with Crippen LogP contribution >= 0.6 is 0 Å². The van der Waals surface area contributed by atoms with E-state index in [-0.39, 0.29) is 5.91 Å². The molecule has 0 aliphatic heterocycles. The highest BCUT2D eigenvalue weighted by molar-refractivity contribution is 6.04. The fourth-order valence-corrected chi connectivity index (χ4v) is 3.24. The van der Waals surface area contributed by atoms with Gasteiger partial charge in [-0.3, -0.25) is 4.79 Å². The Morgan fingerprint density at radius 1 is 0.926 bits per heavy atom. The second-order valence-electron chi connectivity index (χ2n) is 6.60. The number of rotatable bonds is 5. The summed E-state index contributed by atoms with van der Waals surface area (Å²) in [7, 11) is 2.04. The van der Waals surface area contributed by atoms with Gasteiger partial charge >= 0.3 is 0 Å². The first kappa shape index (κ1) is 17.0. The minimum atomic E-state index is -0.116. The van der Waals surface area contributed by atoms with Crippen molar-refractivity contribution >= 4 is 22.6 Å². The average molecular weight is 355 g/mol. The Kier molecular flexibility index (Phi) is 4.71. The Balaban J connectivity index is 1.53. The van der Waals surface area contributed by atoms with Crippen molar-refractivity contribution in [1.82, 2.24) is 9.55 Å². The topological polar surface area (TPSA) is 46.9 Å². The maximum atomic E-state index is 12.3. The van der Waals surface area contributed by atoms with Gasteiger partial charge < -0.3 is 9.88 Å². The van der Waals surface area contributed by atoms with Crippen LogP contribution in [0.4, 0.5) is 5.69 Å². The maximum absolute atomic E-state index is 12.3. The SMILES string of the molecule is Cn1c(CCc2ccccc2)nc2cc(NC(=O)c3ccccc3)ccc21. The van der Waals surface area contributed by atoms with Crippen molar-refractivity contribution < 1.29 is 4.79 Å². The molecular formula is C23H21N3O. The number of hydrogen-bond acceptors (Lipinski definition) is 2. The predicted molar refractivity (Wildman–Crippen MR) is 109 cm³/mol. The van der Waals surface area contributed by atoms with Gasteiger partial charge in [0.15, 0.2) is 0 Å². The number of aryl methyl sites for hydroxylation is 3. The minimum absolute atomic E-state index is 0.116. The Morgan fingerprint density at radius 3 is 2.37 bits per heavy atom.